The van der Waals surface area contributed by atoms with Crippen LogP contribution in [0.1, 0.15) is 11.3 Å². The zero-order valence-corrected chi connectivity index (χ0v) is 12.1. The van der Waals surface area contributed by atoms with Gasteiger partial charge in [-0.1, -0.05) is 18.2 Å². The Balaban J connectivity index is 1.48. The summed E-state index contributed by atoms with van der Waals surface area (Å²) in [4.78, 5) is 26.2. The van der Waals surface area contributed by atoms with Gasteiger partial charge in [0.2, 0.25) is 0 Å². The molecule has 0 spiro atoms. The van der Waals surface area contributed by atoms with E-state index in [0.29, 0.717) is 11.8 Å². The highest BCUT2D eigenvalue weighted by atomic mass is 32.1. The lowest BCUT2D eigenvalue weighted by Crippen LogP contribution is -2.40. The van der Waals surface area contributed by atoms with Gasteiger partial charge in [0.05, 0.1) is 18.1 Å². The number of thiophene rings is 1. The minimum atomic E-state index is -0.156. The summed E-state index contributed by atoms with van der Waals surface area (Å²) in [6, 6.07) is 3.85. The van der Waals surface area contributed by atoms with Crippen LogP contribution in [0.3, 0.4) is 0 Å². The second-order valence-corrected chi connectivity index (χ2v) is 7.38. The van der Waals surface area contributed by atoms with Crippen molar-refractivity contribution in [3.8, 4) is 0 Å². The Labute approximate surface area is 126 Å². The number of hydrazone groups is 1. The van der Waals surface area contributed by atoms with Crippen molar-refractivity contribution in [1.82, 2.24) is 5.01 Å². The van der Waals surface area contributed by atoms with E-state index in [2.05, 4.69) is 17.3 Å². The summed E-state index contributed by atoms with van der Waals surface area (Å²) >= 11 is 1.54. The lowest BCUT2D eigenvalue weighted by atomic mass is 9.63. The molecule has 4 nitrogen and oxygen atoms in total. The van der Waals surface area contributed by atoms with E-state index >= 15 is 0 Å². The summed E-state index contributed by atoms with van der Waals surface area (Å²) in [5.41, 5.74) is 0. The maximum Gasteiger partial charge on any atom is 0.254 e. The van der Waals surface area contributed by atoms with Crippen molar-refractivity contribution in [1.29, 1.82) is 0 Å². The van der Waals surface area contributed by atoms with E-state index in [0.717, 1.165) is 9.89 Å². The van der Waals surface area contributed by atoms with Gasteiger partial charge in [-0.15, -0.1) is 11.3 Å². The maximum atomic E-state index is 12.6. The molecular formula is C16H14N2O2S. The molecule has 2 bridgehead atoms. The third kappa shape index (κ3) is 1.47. The van der Waals surface area contributed by atoms with E-state index in [4.69, 9.17) is 0 Å². The molecule has 3 fully saturated rings. The highest BCUT2D eigenvalue weighted by Crippen LogP contribution is 2.65. The van der Waals surface area contributed by atoms with Crippen LogP contribution in [-0.4, -0.2) is 23.0 Å². The number of nitrogens with zero attached hydrogens (tertiary/aromatic N) is 2. The van der Waals surface area contributed by atoms with E-state index in [1.165, 1.54) is 6.42 Å². The van der Waals surface area contributed by atoms with Crippen LogP contribution in [0.4, 0.5) is 0 Å². The summed E-state index contributed by atoms with van der Waals surface area (Å²) < 4.78 is 0. The van der Waals surface area contributed by atoms with Gasteiger partial charge in [0.1, 0.15) is 0 Å². The molecule has 6 atom stereocenters. The normalized spacial score (nSPS) is 42.8. The first-order chi connectivity index (χ1) is 10.3. The smallest absolute Gasteiger partial charge is 0.254 e. The molecule has 2 amide bonds. The second-order valence-electron chi connectivity index (χ2n) is 6.40. The Bertz CT molecular complexity index is 657. The zero-order chi connectivity index (χ0) is 14.1. The van der Waals surface area contributed by atoms with Gasteiger partial charge >= 0.3 is 0 Å². The molecule has 1 saturated heterocycles. The van der Waals surface area contributed by atoms with Gasteiger partial charge in [0, 0.05) is 4.88 Å². The van der Waals surface area contributed by atoms with Crippen LogP contribution < -0.4 is 0 Å². The number of allylic oxidation sites excluding steroid dienone is 2. The van der Waals surface area contributed by atoms with Gasteiger partial charge < -0.3 is 0 Å². The van der Waals surface area contributed by atoms with Crippen LogP contribution in [0, 0.1) is 35.5 Å². The zero-order valence-electron chi connectivity index (χ0n) is 11.3. The lowest BCUT2D eigenvalue weighted by Gasteiger charge is -2.37. The fourth-order valence-corrected chi connectivity index (χ4v) is 5.11. The standard InChI is InChI=1S/C16H14N2O2S/c19-15-13-9-3-4-10(12-6-11(9)12)14(13)16(20)18(15)17-7-8-2-1-5-21-8/h1-5,7,9-14H,6H2/b17-7-/t9-,10-,11-,12+,13-,14+/m0/s1. The predicted octanol–water partition coefficient (Wildman–Crippen LogP) is 2.14. The molecule has 21 heavy (non-hydrogen) atoms. The molecule has 6 rings (SSSR count). The Hall–Kier alpha value is -1.75. The van der Waals surface area contributed by atoms with Crippen molar-refractivity contribution in [3.63, 3.8) is 0 Å². The summed E-state index contributed by atoms with van der Waals surface area (Å²) in [7, 11) is 0. The van der Waals surface area contributed by atoms with E-state index in [9.17, 15) is 9.59 Å². The SMILES string of the molecule is O=C1[C@@H]2[C@H]3C=C[C@@H]([C@@H]4C[C@H]34)[C@@H]2C(=O)N1/N=C\c1cccs1. The molecule has 106 valence electrons. The van der Waals surface area contributed by atoms with Crippen LogP contribution in [-0.2, 0) is 9.59 Å². The molecule has 5 heteroatoms. The van der Waals surface area contributed by atoms with E-state index < -0.39 is 0 Å². The number of carbonyl (C=O) groups excluding carboxylic acids is 2. The number of hydrogen-bond donors (Lipinski definition) is 0. The first-order valence-corrected chi connectivity index (χ1v) is 8.27. The molecule has 0 N–H and O–H groups in total. The van der Waals surface area contributed by atoms with Gasteiger partial charge in [-0.2, -0.15) is 10.1 Å². The van der Waals surface area contributed by atoms with Gasteiger partial charge in [-0.3, -0.25) is 9.59 Å². The monoisotopic (exact) mass is 298 g/mol. The first kappa shape index (κ1) is 11.9. The van der Waals surface area contributed by atoms with Gasteiger partial charge in [-0.05, 0) is 41.5 Å². The minimum Gasteiger partial charge on any atom is -0.272 e. The topological polar surface area (TPSA) is 49.7 Å². The number of carbonyl (C=O) groups is 2. The van der Waals surface area contributed by atoms with Crippen molar-refractivity contribution in [2.45, 2.75) is 6.42 Å². The molecule has 2 heterocycles. The quantitative estimate of drug-likeness (QED) is 0.477. The summed E-state index contributed by atoms with van der Waals surface area (Å²) in [5, 5.41) is 7.26. The Morgan fingerprint density at radius 2 is 1.81 bits per heavy atom. The molecule has 1 aliphatic heterocycles. The van der Waals surface area contributed by atoms with Crippen LogP contribution in [0.15, 0.2) is 34.8 Å². The number of hydrogen-bond acceptors (Lipinski definition) is 4. The fraction of sp³-hybridized carbons (Fsp3) is 0.438. The molecule has 0 aromatic carbocycles. The van der Waals surface area contributed by atoms with Crippen LogP contribution in [0.5, 0.6) is 0 Å². The van der Waals surface area contributed by atoms with Crippen LogP contribution in [0.2, 0.25) is 0 Å². The molecule has 0 unspecified atom stereocenters. The van der Waals surface area contributed by atoms with Crippen LogP contribution >= 0.6 is 11.3 Å². The first-order valence-electron chi connectivity index (χ1n) is 7.39. The van der Waals surface area contributed by atoms with Crippen molar-refractivity contribution >= 4 is 29.4 Å². The van der Waals surface area contributed by atoms with Crippen molar-refractivity contribution in [2.75, 3.05) is 0 Å². The van der Waals surface area contributed by atoms with Gasteiger partial charge in [-0.25, -0.2) is 0 Å². The fourth-order valence-electron chi connectivity index (χ4n) is 4.53. The summed E-state index contributed by atoms with van der Waals surface area (Å²) in [6.07, 6.45) is 7.16. The third-order valence-electron chi connectivity index (χ3n) is 5.48. The number of rotatable bonds is 2. The highest BCUT2D eigenvalue weighted by molar-refractivity contribution is 7.11. The maximum absolute atomic E-state index is 12.6. The largest absolute Gasteiger partial charge is 0.272 e. The summed E-state index contributed by atoms with van der Waals surface area (Å²) in [5.74, 6) is 1.31. The van der Waals surface area contributed by atoms with Gasteiger partial charge in [0.15, 0.2) is 0 Å². The molecule has 1 aromatic heterocycles. The van der Waals surface area contributed by atoms with Crippen molar-refractivity contribution in [3.05, 3.63) is 34.5 Å². The Morgan fingerprint density at radius 1 is 1.14 bits per heavy atom. The van der Waals surface area contributed by atoms with Crippen molar-refractivity contribution in [2.24, 2.45) is 40.6 Å². The average Bonchev–Trinajstić information content (AvgIpc) is 3.10. The second kappa shape index (κ2) is 3.91. The predicted molar refractivity (Wildman–Crippen MR) is 78.5 cm³/mol. The van der Waals surface area contributed by atoms with E-state index in [1.54, 1.807) is 17.6 Å². The Kier molecular flexibility index (Phi) is 2.21. The number of amides is 2. The van der Waals surface area contributed by atoms with E-state index in [1.807, 2.05) is 17.5 Å². The molecular weight excluding hydrogens is 284 g/mol. The molecule has 0 radical (unpaired) electrons. The third-order valence-corrected chi connectivity index (χ3v) is 6.29. The molecule has 5 aliphatic rings. The number of imide groups is 1. The molecule has 1 aromatic rings. The Morgan fingerprint density at radius 3 is 2.38 bits per heavy atom. The molecule has 4 aliphatic carbocycles. The highest BCUT2D eigenvalue weighted by Gasteiger charge is 2.67. The average molecular weight is 298 g/mol. The lowest BCUT2D eigenvalue weighted by molar-refractivity contribution is -0.140. The van der Waals surface area contributed by atoms with Crippen molar-refractivity contribution < 1.29 is 9.59 Å². The molecule has 2 saturated carbocycles. The van der Waals surface area contributed by atoms with Gasteiger partial charge in [0.25, 0.3) is 11.8 Å². The minimum absolute atomic E-state index is 0.0949. The van der Waals surface area contributed by atoms with Crippen LogP contribution in [0.25, 0.3) is 0 Å². The summed E-state index contributed by atoms with van der Waals surface area (Å²) in [6.45, 7) is 0. The van der Waals surface area contributed by atoms with E-state index in [-0.39, 0.29) is 35.5 Å².